The Balaban J connectivity index is 1.44. The highest BCUT2D eigenvalue weighted by molar-refractivity contribution is 5.95. The summed E-state index contributed by atoms with van der Waals surface area (Å²) in [6, 6.07) is 25.7. The topological polar surface area (TPSA) is 82.6 Å². The minimum absolute atomic E-state index is 0.177. The van der Waals surface area contributed by atoms with E-state index in [1.165, 1.54) is 0 Å². The maximum absolute atomic E-state index is 12.7. The second-order valence-corrected chi connectivity index (χ2v) is 7.12. The van der Waals surface area contributed by atoms with Gasteiger partial charge in [-0.2, -0.15) is 0 Å². The van der Waals surface area contributed by atoms with Crippen molar-refractivity contribution in [1.29, 1.82) is 0 Å². The van der Waals surface area contributed by atoms with E-state index >= 15 is 0 Å². The first-order valence-corrected chi connectivity index (χ1v) is 10.3. The standard InChI is InChI=1S/C26H23N3O4/c1-31-21-10-5-7-18(15-21)17-27-26(30)20-9-6-8-19(16-20)22-13-14-25(29-28-22)33-24-12-4-3-11-23(24)32-2/h3-16H,17H2,1-2H3,(H,27,30). The number of carbonyl (C=O) groups excluding carboxylic acids is 1. The average Bonchev–Trinajstić information content (AvgIpc) is 2.88. The van der Waals surface area contributed by atoms with Crippen molar-refractivity contribution in [1.82, 2.24) is 15.5 Å². The number of methoxy groups -OCH3 is 2. The third kappa shape index (κ3) is 5.46. The second-order valence-electron chi connectivity index (χ2n) is 7.12. The molecule has 33 heavy (non-hydrogen) atoms. The van der Waals surface area contributed by atoms with Crippen LogP contribution in [0.15, 0.2) is 84.9 Å². The van der Waals surface area contributed by atoms with Gasteiger partial charge in [0, 0.05) is 23.7 Å². The highest BCUT2D eigenvalue weighted by Crippen LogP contribution is 2.30. The molecule has 0 aliphatic carbocycles. The third-order valence-electron chi connectivity index (χ3n) is 4.93. The van der Waals surface area contributed by atoms with Gasteiger partial charge in [0.05, 0.1) is 19.9 Å². The Kier molecular flexibility index (Phi) is 6.80. The molecule has 4 aromatic rings. The molecule has 0 atom stereocenters. The lowest BCUT2D eigenvalue weighted by Crippen LogP contribution is -2.22. The largest absolute Gasteiger partial charge is 0.497 e. The van der Waals surface area contributed by atoms with Crippen molar-refractivity contribution in [2.24, 2.45) is 0 Å². The van der Waals surface area contributed by atoms with E-state index in [-0.39, 0.29) is 5.91 Å². The van der Waals surface area contributed by atoms with Crippen LogP contribution in [0.2, 0.25) is 0 Å². The maximum Gasteiger partial charge on any atom is 0.251 e. The van der Waals surface area contributed by atoms with Gasteiger partial charge < -0.3 is 19.5 Å². The van der Waals surface area contributed by atoms with Gasteiger partial charge in [0.2, 0.25) is 5.88 Å². The van der Waals surface area contributed by atoms with Gasteiger partial charge in [-0.25, -0.2) is 0 Å². The van der Waals surface area contributed by atoms with E-state index in [0.717, 1.165) is 16.9 Å². The molecule has 166 valence electrons. The molecule has 1 heterocycles. The predicted octanol–water partition coefficient (Wildman–Crippen LogP) is 4.88. The fourth-order valence-electron chi connectivity index (χ4n) is 3.23. The van der Waals surface area contributed by atoms with Crippen molar-refractivity contribution in [2.45, 2.75) is 6.54 Å². The Morgan fingerprint density at radius 3 is 2.39 bits per heavy atom. The summed E-state index contributed by atoms with van der Waals surface area (Å²) in [5.74, 6) is 2.08. The van der Waals surface area contributed by atoms with E-state index in [1.54, 1.807) is 44.6 Å². The lowest BCUT2D eigenvalue weighted by Gasteiger charge is -2.09. The van der Waals surface area contributed by atoms with Crippen molar-refractivity contribution in [3.63, 3.8) is 0 Å². The van der Waals surface area contributed by atoms with Crippen molar-refractivity contribution in [2.75, 3.05) is 14.2 Å². The number of rotatable bonds is 8. The summed E-state index contributed by atoms with van der Waals surface area (Å²) in [4.78, 5) is 12.7. The van der Waals surface area contributed by atoms with Crippen LogP contribution in [0.4, 0.5) is 0 Å². The highest BCUT2D eigenvalue weighted by atomic mass is 16.5. The second kappa shape index (κ2) is 10.3. The number of hydrogen-bond donors (Lipinski definition) is 1. The molecule has 0 spiro atoms. The first-order valence-electron chi connectivity index (χ1n) is 10.3. The van der Waals surface area contributed by atoms with E-state index in [1.807, 2.05) is 54.6 Å². The minimum Gasteiger partial charge on any atom is -0.497 e. The Morgan fingerprint density at radius 2 is 1.64 bits per heavy atom. The average molecular weight is 441 g/mol. The number of aromatic nitrogens is 2. The summed E-state index contributed by atoms with van der Waals surface area (Å²) >= 11 is 0. The molecule has 3 aromatic carbocycles. The summed E-state index contributed by atoms with van der Waals surface area (Å²) in [6.07, 6.45) is 0. The molecule has 0 aliphatic rings. The number of benzene rings is 3. The van der Waals surface area contributed by atoms with Gasteiger partial charge >= 0.3 is 0 Å². The van der Waals surface area contributed by atoms with Gasteiger partial charge in [0.1, 0.15) is 5.75 Å². The van der Waals surface area contributed by atoms with Gasteiger partial charge in [-0.05, 0) is 48.0 Å². The van der Waals surface area contributed by atoms with E-state index in [2.05, 4.69) is 15.5 Å². The normalized spacial score (nSPS) is 10.4. The first kappa shape index (κ1) is 21.8. The van der Waals surface area contributed by atoms with Crippen LogP contribution in [-0.4, -0.2) is 30.3 Å². The predicted molar refractivity (Wildman–Crippen MR) is 125 cm³/mol. The number of amides is 1. The Morgan fingerprint density at radius 1 is 0.818 bits per heavy atom. The van der Waals surface area contributed by atoms with Crippen molar-refractivity contribution in [3.8, 4) is 34.4 Å². The number of carbonyl (C=O) groups is 1. The first-order chi connectivity index (χ1) is 16.2. The molecule has 0 fully saturated rings. The van der Waals surface area contributed by atoms with E-state index in [4.69, 9.17) is 14.2 Å². The summed E-state index contributed by atoms with van der Waals surface area (Å²) in [5, 5.41) is 11.3. The number of ether oxygens (including phenoxy) is 3. The Labute approximate surface area is 192 Å². The lowest BCUT2D eigenvalue weighted by atomic mass is 10.1. The van der Waals surface area contributed by atoms with Gasteiger partial charge in [0.25, 0.3) is 5.91 Å². The molecule has 0 unspecified atom stereocenters. The number of para-hydroxylation sites is 2. The molecule has 4 rings (SSSR count). The van der Waals surface area contributed by atoms with Crippen LogP contribution in [0.3, 0.4) is 0 Å². The number of nitrogens with zero attached hydrogens (tertiary/aromatic N) is 2. The zero-order valence-electron chi connectivity index (χ0n) is 18.3. The fourth-order valence-corrected chi connectivity index (χ4v) is 3.23. The molecule has 0 aliphatic heterocycles. The van der Waals surface area contributed by atoms with Crippen LogP contribution in [0.25, 0.3) is 11.3 Å². The molecule has 1 N–H and O–H groups in total. The maximum atomic E-state index is 12.7. The molecular formula is C26H23N3O4. The van der Waals surface area contributed by atoms with E-state index < -0.39 is 0 Å². The van der Waals surface area contributed by atoms with Crippen molar-refractivity contribution >= 4 is 5.91 Å². The van der Waals surface area contributed by atoms with E-state index in [0.29, 0.717) is 35.2 Å². The van der Waals surface area contributed by atoms with Gasteiger partial charge in [0.15, 0.2) is 11.5 Å². The Hall–Kier alpha value is -4.39. The van der Waals surface area contributed by atoms with Crippen molar-refractivity contribution < 1.29 is 19.0 Å². The van der Waals surface area contributed by atoms with Gasteiger partial charge in [-0.1, -0.05) is 36.4 Å². The zero-order valence-corrected chi connectivity index (χ0v) is 18.3. The Bertz CT molecular complexity index is 1240. The minimum atomic E-state index is -0.177. The molecule has 1 aromatic heterocycles. The molecule has 7 nitrogen and oxygen atoms in total. The summed E-state index contributed by atoms with van der Waals surface area (Å²) in [6.45, 7) is 0.398. The van der Waals surface area contributed by atoms with Crippen LogP contribution < -0.4 is 19.5 Å². The molecular weight excluding hydrogens is 418 g/mol. The van der Waals surface area contributed by atoms with Crippen LogP contribution >= 0.6 is 0 Å². The molecule has 1 amide bonds. The smallest absolute Gasteiger partial charge is 0.251 e. The SMILES string of the molecule is COc1cccc(CNC(=O)c2cccc(-c3ccc(Oc4ccccc4OC)nn3)c2)c1. The summed E-state index contributed by atoms with van der Waals surface area (Å²) in [7, 11) is 3.19. The monoisotopic (exact) mass is 441 g/mol. The molecule has 0 bridgehead atoms. The van der Waals surface area contributed by atoms with Gasteiger partial charge in [-0.15, -0.1) is 10.2 Å². The molecule has 0 saturated carbocycles. The van der Waals surface area contributed by atoms with Crippen LogP contribution in [0.5, 0.6) is 23.1 Å². The quantitative estimate of drug-likeness (QED) is 0.420. The van der Waals surface area contributed by atoms with Crippen LogP contribution in [-0.2, 0) is 6.54 Å². The summed E-state index contributed by atoms with van der Waals surface area (Å²) < 4.78 is 16.3. The molecule has 0 radical (unpaired) electrons. The fraction of sp³-hybridized carbons (Fsp3) is 0.115. The highest BCUT2D eigenvalue weighted by Gasteiger charge is 2.10. The van der Waals surface area contributed by atoms with Gasteiger partial charge in [-0.3, -0.25) is 4.79 Å². The third-order valence-corrected chi connectivity index (χ3v) is 4.93. The molecule has 7 heteroatoms. The zero-order chi connectivity index (χ0) is 23.0. The number of nitrogens with one attached hydrogen (secondary N) is 1. The van der Waals surface area contributed by atoms with Crippen LogP contribution in [0, 0.1) is 0 Å². The lowest BCUT2D eigenvalue weighted by molar-refractivity contribution is 0.0951. The summed E-state index contributed by atoms with van der Waals surface area (Å²) in [5.41, 5.74) is 2.90. The molecule has 0 saturated heterocycles. The van der Waals surface area contributed by atoms with Crippen molar-refractivity contribution in [3.05, 3.63) is 96.1 Å². The van der Waals surface area contributed by atoms with E-state index in [9.17, 15) is 4.79 Å². The number of hydrogen-bond acceptors (Lipinski definition) is 6. The van der Waals surface area contributed by atoms with Crippen LogP contribution in [0.1, 0.15) is 15.9 Å².